The summed E-state index contributed by atoms with van der Waals surface area (Å²) in [6.07, 6.45) is 4.65. The minimum absolute atomic E-state index is 0.174. The summed E-state index contributed by atoms with van der Waals surface area (Å²) in [4.78, 5) is 9.03. The van der Waals surface area contributed by atoms with Crippen LogP contribution in [-0.2, 0) is 11.3 Å². The number of rotatable bonds is 4. The average molecular weight is 428 g/mol. The van der Waals surface area contributed by atoms with E-state index in [0.717, 1.165) is 29.6 Å². The topological polar surface area (TPSA) is 70.7 Å². The number of aromatic nitrogens is 6. The maximum Gasteiger partial charge on any atom is 0.408 e. The van der Waals surface area contributed by atoms with E-state index >= 15 is 0 Å². The Bertz CT molecular complexity index is 1210. The van der Waals surface area contributed by atoms with E-state index in [1.807, 2.05) is 10.7 Å². The fourth-order valence-electron chi connectivity index (χ4n) is 3.99. The number of hydrogen-bond acceptors (Lipinski definition) is 5. The van der Waals surface area contributed by atoms with Gasteiger partial charge in [-0.15, -0.1) is 0 Å². The first-order valence-corrected chi connectivity index (χ1v) is 9.99. The molecule has 1 aliphatic heterocycles. The predicted octanol–water partition coefficient (Wildman–Crippen LogP) is 4.62. The number of halogens is 3. The SMILES string of the molecule is FC(F)(F)Cn1nccc1-c1ccnc2c(-c3ccnn3C3CCCCO3)nccc12. The number of fused-ring (bicyclic) bond motifs is 1. The van der Waals surface area contributed by atoms with E-state index in [2.05, 4.69) is 20.2 Å². The molecule has 0 spiro atoms. The van der Waals surface area contributed by atoms with E-state index < -0.39 is 12.7 Å². The number of nitrogens with zero attached hydrogens (tertiary/aromatic N) is 6. The highest BCUT2D eigenvalue weighted by Crippen LogP contribution is 2.34. The first-order chi connectivity index (χ1) is 15.0. The molecule has 0 bridgehead atoms. The van der Waals surface area contributed by atoms with Gasteiger partial charge in [0.15, 0.2) is 6.23 Å². The van der Waals surface area contributed by atoms with Crippen LogP contribution in [0.4, 0.5) is 13.2 Å². The minimum atomic E-state index is -4.37. The van der Waals surface area contributed by atoms with Crippen LogP contribution in [0.3, 0.4) is 0 Å². The van der Waals surface area contributed by atoms with Gasteiger partial charge in [0.1, 0.15) is 12.2 Å². The van der Waals surface area contributed by atoms with Gasteiger partial charge in [-0.1, -0.05) is 0 Å². The van der Waals surface area contributed by atoms with Gasteiger partial charge in [0, 0.05) is 42.3 Å². The lowest BCUT2D eigenvalue weighted by atomic mass is 10.0. The van der Waals surface area contributed by atoms with Crippen LogP contribution in [0.5, 0.6) is 0 Å². The molecule has 0 aromatic carbocycles. The zero-order valence-electron chi connectivity index (χ0n) is 16.5. The molecule has 0 radical (unpaired) electrons. The third kappa shape index (κ3) is 3.78. The summed E-state index contributed by atoms with van der Waals surface area (Å²) in [5, 5.41) is 8.99. The first kappa shape index (κ1) is 19.7. The maximum absolute atomic E-state index is 13.0. The third-order valence-corrected chi connectivity index (χ3v) is 5.32. The van der Waals surface area contributed by atoms with Crippen LogP contribution in [0.1, 0.15) is 25.5 Å². The Labute approximate surface area is 175 Å². The Hall–Kier alpha value is -3.27. The lowest BCUT2D eigenvalue weighted by Crippen LogP contribution is -2.20. The van der Waals surface area contributed by atoms with Crippen LogP contribution in [0.2, 0.25) is 0 Å². The molecule has 0 amide bonds. The van der Waals surface area contributed by atoms with Crippen LogP contribution >= 0.6 is 0 Å². The maximum atomic E-state index is 13.0. The van der Waals surface area contributed by atoms with Gasteiger partial charge in [-0.05, 0) is 43.5 Å². The molecule has 0 aliphatic carbocycles. The van der Waals surface area contributed by atoms with Gasteiger partial charge in [0.2, 0.25) is 0 Å². The van der Waals surface area contributed by atoms with Gasteiger partial charge in [-0.25, -0.2) is 4.68 Å². The molecule has 7 nitrogen and oxygen atoms in total. The highest BCUT2D eigenvalue weighted by Gasteiger charge is 2.30. The molecule has 0 N–H and O–H groups in total. The van der Waals surface area contributed by atoms with E-state index in [-0.39, 0.29) is 6.23 Å². The normalized spacial score (nSPS) is 17.3. The van der Waals surface area contributed by atoms with Gasteiger partial charge in [0.05, 0.1) is 16.9 Å². The molecule has 1 aliphatic rings. The molecule has 5 heterocycles. The molecular weight excluding hydrogens is 409 g/mol. The lowest BCUT2D eigenvalue weighted by molar-refractivity contribution is -0.142. The van der Waals surface area contributed by atoms with E-state index in [1.165, 1.54) is 6.20 Å². The molecule has 1 unspecified atom stereocenters. The predicted molar refractivity (Wildman–Crippen MR) is 107 cm³/mol. The second-order valence-corrected chi connectivity index (χ2v) is 7.39. The molecule has 5 rings (SSSR count). The summed E-state index contributed by atoms with van der Waals surface area (Å²) in [5.41, 5.74) is 2.91. The van der Waals surface area contributed by atoms with Crippen LogP contribution in [0, 0.1) is 0 Å². The van der Waals surface area contributed by atoms with Crippen LogP contribution in [-0.4, -0.2) is 42.3 Å². The van der Waals surface area contributed by atoms with Crippen molar-refractivity contribution in [2.45, 2.75) is 38.2 Å². The Morgan fingerprint density at radius 1 is 0.935 bits per heavy atom. The van der Waals surface area contributed by atoms with Crippen molar-refractivity contribution in [3.8, 4) is 22.6 Å². The second-order valence-electron chi connectivity index (χ2n) is 7.39. The van der Waals surface area contributed by atoms with Gasteiger partial charge in [-0.2, -0.15) is 23.4 Å². The number of alkyl halides is 3. The minimum Gasteiger partial charge on any atom is -0.356 e. The van der Waals surface area contributed by atoms with Crippen molar-refractivity contribution in [2.75, 3.05) is 6.61 Å². The van der Waals surface area contributed by atoms with E-state index in [4.69, 9.17) is 4.74 Å². The summed E-state index contributed by atoms with van der Waals surface area (Å²) in [6, 6.07) is 6.87. The van der Waals surface area contributed by atoms with Crippen molar-refractivity contribution >= 4 is 10.9 Å². The Balaban J connectivity index is 1.62. The smallest absolute Gasteiger partial charge is 0.356 e. The van der Waals surface area contributed by atoms with Crippen LogP contribution < -0.4 is 0 Å². The summed E-state index contributed by atoms with van der Waals surface area (Å²) in [7, 11) is 0. The fraction of sp³-hybridized carbons (Fsp3) is 0.333. The first-order valence-electron chi connectivity index (χ1n) is 9.99. The molecule has 1 atom stereocenters. The molecule has 1 fully saturated rings. The largest absolute Gasteiger partial charge is 0.408 e. The van der Waals surface area contributed by atoms with E-state index in [1.54, 1.807) is 36.8 Å². The zero-order valence-corrected chi connectivity index (χ0v) is 16.5. The monoisotopic (exact) mass is 428 g/mol. The van der Waals surface area contributed by atoms with Crippen LogP contribution in [0.25, 0.3) is 33.5 Å². The molecule has 10 heteroatoms. The molecule has 31 heavy (non-hydrogen) atoms. The molecule has 1 saturated heterocycles. The zero-order chi connectivity index (χ0) is 21.4. The average Bonchev–Trinajstić information content (AvgIpc) is 3.42. The van der Waals surface area contributed by atoms with Crippen molar-refractivity contribution in [1.82, 2.24) is 29.5 Å². The highest BCUT2D eigenvalue weighted by atomic mass is 19.4. The molecule has 4 aromatic rings. The van der Waals surface area contributed by atoms with Gasteiger partial charge < -0.3 is 4.74 Å². The second kappa shape index (κ2) is 7.77. The standard InChI is InChI=1S/C21H19F3N6O/c22-21(23,24)13-29-16(6-10-27-29)14-4-8-25-19-15(14)5-9-26-20(19)17-7-11-28-30(17)18-3-1-2-12-31-18/h4-11,18H,1-3,12-13H2. The number of pyridine rings is 2. The van der Waals surface area contributed by atoms with Crippen molar-refractivity contribution in [3.05, 3.63) is 49.1 Å². The summed E-state index contributed by atoms with van der Waals surface area (Å²) in [6.45, 7) is -0.485. The number of hydrogen-bond donors (Lipinski definition) is 0. The van der Waals surface area contributed by atoms with Crippen molar-refractivity contribution < 1.29 is 17.9 Å². The quantitative estimate of drug-likeness (QED) is 0.474. The summed E-state index contributed by atoms with van der Waals surface area (Å²) >= 11 is 0. The van der Waals surface area contributed by atoms with Crippen LogP contribution in [0.15, 0.2) is 49.1 Å². The Morgan fingerprint density at radius 2 is 1.74 bits per heavy atom. The summed E-state index contributed by atoms with van der Waals surface area (Å²) in [5.74, 6) is 0. The van der Waals surface area contributed by atoms with E-state index in [9.17, 15) is 13.2 Å². The Kier molecular flexibility index (Phi) is 4.93. The molecule has 0 saturated carbocycles. The summed E-state index contributed by atoms with van der Waals surface area (Å²) < 4.78 is 47.6. The number of ether oxygens (including phenoxy) is 1. The lowest BCUT2D eigenvalue weighted by Gasteiger charge is -2.24. The van der Waals surface area contributed by atoms with Crippen molar-refractivity contribution in [2.24, 2.45) is 0 Å². The molecule has 4 aromatic heterocycles. The Morgan fingerprint density at radius 3 is 2.55 bits per heavy atom. The fourth-order valence-corrected chi connectivity index (χ4v) is 3.99. The third-order valence-electron chi connectivity index (χ3n) is 5.32. The van der Waals surface area contributed by atoms with Crippen molar-refractivity contribution in [3.63, 3.8) is 0 Å². The highest BCUT2D eigenvalue weighted by molar-refractivity contribution is 5.99. The van der Waals surface area contributed by atoms with Gasteiger partial charge in [0.25, 0.3) is 0 Å². The molecule has 160 valence electrons. The van der Waals surface area contributed by atoms with Crippen molar-refractivity contribution in [1.29, 1.82) is 0 Å². The van der Waals surface area contributed by atoms with Gasteiger partial charge >= 0.3 is 6.18 Å². The van der Waals surface area contributed by atoms with E-state index in [0.29, 0.717) is 34.5 Å². The molecular formula is C21H19F3N6O. The van der Waals surface area contributed by atoms with Gasteiger partial charge in [-0.3, -0.25) is 14.6 Å².